The van der Waals surface area contributed by atoms with E-state index in [1.807, 2.05) is 19.3 Å². The first kappa shape index (κ1) is 17.2. The molecule has 9 heteroatoms. The molecule has 0 bridgehead atoms. The van der Waals surface area contributed by atoms with Crippen LogP contribution in [0.2, 0.25) is 0 Å². The van der Waals surface area contributed by atoms with Crippen molar-refractivity contribution in [3.8, 4) is 17.0 Å². The van der Waals surface area contributed by atoms with Gasteiger partial charge in [0.2, 0.25) is 5.88 Å². The highest BCUT2D eigenvalue weighted by Gasteiger charge is 2.21. The number of hydrogen-bond acceptors (Lipinski definition) is 6. The van der Waals surface area contributed by atoms with Gasteiger partial charge in [-0.05, 0) is 29.8 Å². The number of ether oxygens (including phenoxy) is 1. The highest BCUT2D eigenvalue weighted by Crippen LogP contribution is 2.29. The lowest BCUT2D eigenvalue weighted by Crippen LogP contribution is -2.05. The fraction of sp³-hybridized carbons (Fsp3) is 0.150. The zero-order valence-electron chi connectivity index (χ0n) is 15.7. The number of aromatic nitrogens is 7. The number of pyridine rings is 1. The van der Waals surface area contributed by atoms with Crippen LogP contribution in [0.4, 0.5) is 4.39 Å². The summed E-state index contributed by atoms with van der Waals surface area (Å²) >= 11 is 0. The van der Waals surface area contributed by atoms with Crippen LogP contribution in [0.1, 0.15) is 17.6 Å². The molecule has 0 N–H and O–H groups in total. The minimum atomic E-state index is -1.50. The molecular weight excluding hydrogens is 373 g/mol. The van der Waals surface area contributed by atoms with Gasteiger partial charge in [0.05, 0.1) is 18.8 Å². The van der Waals surface area contributed by atoms with Crippen LogP contribution in [0.3, 0.4) is 0 Å². The average molecular weight is 389 g/mol. The van der Waals surface area contributed by atoms with E-state index in [0.717, 1.165) is 22.0 Å². The van der Waals surface area contributed by atoms with Gasteiger partial charge in [0.1, 0.15) is 0 Å². The molecule has 0 aliphatic heterocycles. The van der Waals surface area contributed by atoms with E-state index in [4.69, 9.17) is 4.74 Å². The molecule has 0 saturated carbocycles. The Kier molecular flexibility index (Phi) is 3.94. The molecule has 4 heterocycles. The van der Waals surface area contributed by atoms with Gasteiger partial charge < -0.3 is 4.74 Å². The quantitative estimate of drug-likeness (QED) is 0.470. The van der Waals surface area contributed by atoms with Crippen molar-refractivity contribution in [3.63, 3.8) is 0 Å². The van der Waals surface area contributed by atoms with Crippen LogP contribution in [-0.2, 0) is 7.05 Å². The van der Waals surface area contributed by atoms with Crippen LogP contribution in [0.25, 0.3) is 27.7 Å². The Labute approximate surface area is 164 Å². The number of rotatable bonds is 4. The number of alkyl halides is 1. The Hall–Kier alpha value is -3.88. The molecule has 144 valence electrons. The summed E-state index contributed by atoms with van der Waals surface area (Å²) in [5, 5.41) is 17.2. The summed E-state index contributed by atoms with van der Waals surface area (Å²) in [7, 11) is 3.36. The fourth-order valence-corrected chi connectivity index (χ4v) is 3.24. The van der Waals surface area contributed by atoms with E-state index in [2.05, 4.69) is 25.4 Å². The highest BCUT2D eigenvalue weighted by atomic mass is 19.1. The molecule has 1 atom stereocenters. The zero-order chi connectivity index (χ0) is 20.0. The van der Waals surface area contributed by atoms with Gasteiger partial charge in [-0.15, -0.1) is 15.3 Å². The number of methoxy groups -OCH3 is 1. The van der Waals surface area contributed by atoms with Gasteiger partial charge >= 0.3 is 0 Å². The molecule has 8 nitrogen and oxygen atoms in total. The van der Waals surface area contributed by atoms with Crippen LogP contribution in [0, 0.1) is 0 Å². The lowest BCUT2D eigenvalue weighted by atomic mass is 10.0. The highest BCUT2D eigenvalue weighted by molar-refractivity contribution is 5.84. The summed E-state index contributed by atoms with van der Waals surface area (Å²) in [4.78, 5) is 4.48. The van der Waals surface area contributed by atoms with Crippen molar-refractivity contribution >= 4 is 16.6 Å². The molecule has 0 aliphatic carbocycles. The second-order valence-corrected chi connectivity index (χ2v) is 6.65. The van der Waals surface area contributed by atoms with Gasteiger partial charge in [0.15, 0.2) is 17.6 Å². The van der Waals surface area contributed by atoms with Crippen molar-refractivity contribution in [1.29, 1.82) is 0 Å². The number of halogens is 1. The van der Waals surface area contributed by atoms with E-state index in [1.54, 1.807) is 47.4 Å². The first-order valence-electron chi connectivity index (χ1n) is 8.91. The molecule has 0 fully saturated rings. The number of hydrogen-bond donors (Lipinski definition) is 0. The molecule has 5 aromatic rings. The molecule has 1 aromatic carbocycles. The molecule has 4 aromatic heterocycles. The molecule has 0 spiro atoms. The maximum absolute atomic E-state index is 15.4. The summed E-state index contributed by atoms with van der Waals surface area (Å²) in [5.41, 5.74) is 3.53. The van der Waals surface area contributed by atoms with E-state index >= 15 is 4.39 Å². The largest absolute Gasteiger partial charge is 0.480 e. The Morgan fingerprint density at radius 3 is 2.72 bits per heavy atom. The Morgan fingerprint density at radius 2 is 1.93 bits per heavy atom. The molecule has 5 rings (SSSR count). The molecule has 0 saturated heterocycles. The maximum atomic E-state index is 15.4. The maximum Gasteiger partial charge on any atom is 0.231 e. The van der Waals surface area contributed by atoms with E-state index < -0.39 is 6.17 Å². The smallest absolute Gasteiger partial charge is 0.231 e. The van der Waals surface area contributed by atoms with Gasteiger partial charge in [-0.1, -0.05) is 6.07 Å². The summed E-state index contributed by atoms with van der Waals surface area (Å²) in [6.07, 6.45) is 3.96. The van der Waals surface area contributed by atoms with Crippen molar-refractivity contribution in [1.82, 2.24) is 34.6 Å². The van der Waals surface area contributed by atoms with Gasteiger partial charge in [-0.25, -0.2) is 4.39 Å². The van der Waals surface area contributed by atoms with Crippen molar-refractivity contribution in [3.05, 3.63) is 66.4 Å². The van der Waals surface area contributed by atoms with Crippen LogP contribution in [0.5, 0.6) is 5.88 Å². The number of benzene rings is 1. The number of fused-ring (bicyclic) bond motifs is 2. The lowest BCUT2D eigenvalue weighted by molar-refractivity contribution is 0.366. The van der Waals surface area contributed by atoms with E-state index in [-0.39, 0.29) is 5.82 Å². The SMILES string of the molecule is COc1ccc2nnc(C(F)c3ccc4ncc(-c5cnn(C)c5)cc4c3)n2n1. The normalized spacial score (nSPS) is 12.5. The number of aryl methyl sites for hydroxylation is 1. The molecule has 29 heavy (non-hydrogen) atoms. The average Bonchev–Trinajstić information content (AvgIpc) is 3.38. The second-order valence-electron chi connectivity index (χ2n) is 6.65. The predicted molar refractivity (Wildman–Crippen MR) is 104 cm³/mol. The lowest BCUT2D eigenvalue weighted by Gasteiger charge is -2.09. The minimum absolute atomic E-state index is 0.0922. The van der Waals surface area contributed by atoms with Crippen molar-refractivity contribution in [2.24, 2.45) is 7.05 Å². The third-order valence-corrected chi connectivity index (χ3v) is 4.73. The molecule has 0 radical (unpaired) electrons. The Bertz CT molecular complexity index is 1340. The fourth-order valence-electron chi connectivity index (χ4n) is 3.24. The molecule has 0 amide bonds. The molecular formula is C20H16FN7O. The summed E-state index contributed by atoms with van der Waals surface area (Å²) < 4.78 is 23.6. The van der Waals surface area contributed by atoms with Crippen LogP contribution < -0.4 is 4.74 Å². The van der Waals surface area contributed by atoms with Gasteiger partial charge in [-0.2, -0.15) is 9.61 Å². The van der Waals surface area contributed by atoms with E-state index in [9.17, 15) is 0 Å². The van der Waals surface area contributed by atoms with Crippen LogP contribution in [0.15, 0.2) is 55.0 Å². The van der Waals surface area contributed by atoms with Gasteiger partial charge in [-0.3, -0.25) is 9.67 Å². The second kappa shape index (κ2) is 6.62. The van der Waals surface area contributed by atoms with Gasteiger partial charge in [0.25, 0.3) is 0 Å². The zero-order valence-corrected chi connectivity index (χ0v) is 15.7. The first-order valence-corrected chi connectivity index (χ1v) is 8.91. The standard InChI is InChI=1S/C20H16FN7O/c1-27-11-15(10-23-27)14-8-13-7-12(3-4-16(13)22-9-14)19(21)20-25-24-17-5-6-18(29-2)26-28(17)20/h3-11,19H,1-2H3. The minimum Gasteiger partial charge on any atom is -0.480 e. The first-order chi connectivity index (χ1) is 14.1. The summed E-state index contributed by atoms with van der Waals surface area (Å²) in [6.45, 7) is 0. The third-order valence-electron chi connectivity index (χ3n) is 4.73. The van der Waals surface area contributed by atoms with Crippen LogP contribution in [-0.4, -0.2) is 41.7 Å². The van der Waals surface area contributed by atoms with Crippen LogP contribution >= 0.6 is 0 Å². The molecule has 0 aliphatic rings. The van der Waals surface area contributed by atoms with E-state index in [0.29, 0.717) is 17.1 Å². The topological polar surface area (TPSA) is 83.0 Å². The van der Waals surface area contributed by atoms with Gasteiger partial charge in [0, 0.05) is 42.0 Å². The molecule has 1 unspecified atom stereocenters. The monoisotopic (exact) mass is 389 g/mol. The third kappa shape index (κ3) is 2.96. The van der Waals surface area contributed by atoms with Crippen molar-refractivity contribution in [2.75, 3.05) is 7.11 Å². The van der Waals surface area contributed by atoms with Crippen molar-refractivity contribution < 1.29 is 9.13 Å². The predicted octanol–water partition coefficient (Wildman–Crippen LogP) is 3.14. The number of nitrogens with zero attached hydrogens (tertiary/aromatic N) is 7. The Morgan fingerprint density at radius 1 is 1.03 bits per heavy atom. The summed E-state index contributed by atoms with van der Waals surface area (Å²) in [5.74, 6) is 0.448. The summed E-state index contributed by atoms with van der Waals surface area (Å²) in [6, 6.07) is 10.6. The van der Waals surface area contributed by atoms with Crippen molar-refractivity contribution in [2.45, 2.75) is 6.17 Å². The van der Waals surface area contributed by atoms with E-state index in [1.165, 1.54) is 11.6 Å². The Balaban J connectivity index is 1.57.